The Bertz CT molecular complexity index is 1390. The van der Waals surface area contributed by atoms with Crippen LogP contribution in [0.4, 0.5) is 21.7 Å². The molecule has 0 amide bonds. The number of nitrogens with one attached hydrogen (secondary N) is 1. The number of hydrogen-bond donors (Lipinski definition) is 1. The third kappa shape index (κ3) is 46.3. The minimum absolute atomic E-state index is 0. The van der Waals surface area contributed by atoms with Gasteiger partial charge in [0.1, 0.15) is 5.56 Å². The molecular formula is C21H17FK19N5O4. The fraction of sp³-hybridized carbons (Fsp3) is 0.0952. The minimum atomic E-state index is -0.936. The van der Waals surface area contributed by atoms with Crippen molar-refractivity contribution in [1.82, 2.24) is 14.5 Å². The number of hydrogen-bond acceptors (Lipinski definition) is 7. The molecule has 0 aliphatic rings. The number of rotatable bonds is 5. The molecule has 176 valence electrons. The Morgan fingerprint density at radius 3 is 1.80 bits per heavy atom. The quantitative estimate of drug-likeness (QED) is 0.0921. The van der Waals surface area contributed by atoms with E-state index < -0.39 is 22.4 Å². The van der Waals surface area contributed by atoms with Crippen LogP contribution in [0.25, 0.3) is 16.7 Å². The van der Waals surface area contributed by atoms with Crippen molar-refractivity contribution in [3.63, 3.8) is 0 Å². The molecule has 0 saturated heterocycles. The number of carbonyl (C=O) groups is 1. The molecule has 0 radical (unpaired) electrons. The Kier molecular flexibility index (Phi) is 134. The van der Waals surface area contributed by atoms with E-state index in [2.05, 4.69) is 15.3 Å². The second kappa shape index (κ2) is 73.8. The van der Waals surface area contributed by atoms with Crippen molar-refractivity contribution >= 4 is 603 Å². The summed E-state index contributed by atoms with van der Waals surface area (Å²) in [5, 5.41) is 14.9. The molecule has 2 aromatic carbocycles. The molecule has 0 atom stereocenters. The van der Waals surface area contributed by atoms with E-state index in [0.717, 1.165) is 23.0 Å². The fourth-order valence-electron chi connectivity index (χ4n) is 3.19. The number of benzene rings is 2. The molecule has 9 nitrogen and oxygen atoms in total. The van der Waals surface area contributed by atoms with Crippen molar-refractivity contribution in [1.29, 1.82) is 0 Å². The van der Waals surface area contributed by atoms with Gasteiger partial charge >= 0.3 is 631 Å². The van der Waals surface area contributed by atoms with Gasteiger partial charge in [-0.3, -0.25) is 10.1 Å². The molecule has 29 heteroatoms. The van der Waals surface area contributed by atoms with Gasteiger partial charge in [0.15, 0.2) is 5.82 Å². The number of nitro groups is 1. The van der Waals surface area contributed by atoms with Crippen LogP contribution >= 0.6 is 0 Å². The number of fused-ring (bicyclic) bond motifs is 1. The zero-order valence-electron chi connectivity index (χ0n) is 36.5. The van der Waals surface area contributed by atoms with Crippen molar-refractivity contribution in [3.05, 3.63) is 81.9 Å². The summed E-state index contributed by atoms with van der Waals surface area (Å²) >= 11 is 22.5. The number of aromatic nitrogens is 3. The summed E-state index contributed by atoms with van der Waals surface area (Å²) in [5.41, 5.74) is 0.969. The van der Waals surface area contributed by atoms with E-state index >= 15 is 0 Å². The molecule has 2 heterocycles. The average Bonchev–Trinajstić information content (AvgIpc) is 3.63. The topological polar surface area (TPSA) is 112 Å². The van der Waals surface area contributed by atoms with Crippen molar-refractivity contribution < 1.29 is 71.7 Å². The first kappa shape index (κ1) is 90.5. The van der Waals surface area contributed by atoms with Crippen LogP contribution in [-0.2, 0) is 4.74 Å². The van der Waals surface area contributed by atoms with Gasteiger partial charge in [0.25, 0.3) is 0 Å². The van der Waals surface area contributed by atoms with E-state index in [1.165, 1.54) is 582 Å². The number of methoxy groups -OCH3 is 1. The second-order valence-electron chi connectivity index (χ2n) is 6.67. The van der Waals surface area contributed by atoms with E-state index in [9.17, 15) is 19.3 Å². The molecular weight excluding hydrogens is 1150 g/mol. The first-order chi connectivity index (χ1) is 23.9. The number of anilines is 2. The van der Waals surface area contributed by atoms with Crippen LogP contribution in [0.5, 0.6) is 0 Å². The van der Waals surface area contributed by atoms with E-state index in [1.54, 1.807) is 17.7 Å². The summed E-state index contributed by atoms with van der Waals surface area (Å²) in [6.07, 6.45) is 3.07. The van der Waals surface area contributed by atoms with Crippen molar-refractivity contribution in [2.24, 2.45) is 0 Å². The Hall–Kier alpha value is 26.8. The number of para-hydroxylation sites is 1. The molecule has 0 saturated carbocycles. The van der Waals surface area contributed by atoms with Crippen LogP contribution in [0.15, 0.2) is 54.9 Å². The molecule has 1 N–H and O–H groups in total. The van der Waals surface area contributed by atoms with Crippen molar-refractivity contribution in [2.75, 3.05) is 12.4 Å². The molecule has 2 aromatic heterocycles. The fourth-order valence-corrected chi connectivity index (χ4v) is 3.19. The summed E-state index contributed by atoms with van der Waals surface area (Å²) in [4.78, 5) is 31.1. The zero-order valence-corrected chi connectivity index (χ0v) is 94.8. The number of halogens is 1. The number of nitrogens with zero attached hydrogens (tertiary/aromatic N) is 4. The van der Waals surface area contributed by atoms with E-state index in [4.69, 9.17) is 4.74 Å². The number of esters is 1. The van der Waals surface area contributed by atoms with Gasteiger partial charge in [-0.15, -0.1) is 0 Å². The predicted octanol–water partition coefficient (Wildman–Crippen LogP) is -5.43. The summed E-state index contributed by atoms with van der Waals surface area (Å²) in [7, 11) is 1.26. The Balaban J connectivity index is -0.000000135. The van der Waals surface area contributed by atoms with Gasteiger partial charge in [-0.05, 0) is 36.1 Å². The normalized spacial score (nSPS) is 8.14. The summed E-state index contributed by atoms with van der Waals surface area (Å²) in [6.45, 7) is 1.60. The monoisotopic (exact) mass is 1160 g/mol. The zero-order chi connectivity index (χ0) is 40.1. The first-order valence-corrected chi connectivity index (χ1v) is 162. The van der Waals surface area contributed by atoms with E-state index in [-0.39, 0.29) is 75.8 Å². The molecule has 0 bridgehead atoms. The van der Waals surface area contributed by atoms with Gasteiger partial charge in [0, 0.05) is 18.5 Å². The third-order valence-corrected chi connectivity index (χ3v) is 4.74. The van der Waals surface area contributed by atoms with Crippen LogP contribution in [0.1, 0.15) is 17.3 Å². The Labute approximate surface area is 749 Å². The van der Waals surface area contributed by atoms with Gasteiger partial charge in [0.2, 0.25) is 11.8 Å². The molecule has 50 heavy (non-hydrogen) atoms. The molecule has 0 fully saturated rings. The van der Waals surface area contributed by atoms with E-state index in [0.29, 0.717) is 5.56 Å². The van der Waals surface area contributed by atoms with Gasteiger partial charge in [-0.25, -0.2) is 9.78 Å². The molecule has 4 aromatic rings. The summed E-state index contributed by atoms with van der Waals surface area (Å²) in [6, 6.07) is 11.6. The van der Waals surface area contributed by atoms with Gasteiger partial charge in [0.05, 0.1) is 23.2 Å². The van der Waals surface area contributed by atoms with Crippen molar-refractivity contribution in [2.45, 2.75) is 6.92 Å². The van der Waals surface area contributed by atoms with Crippen LogP contribution in [0.3, 0.4) is 0 Å². The molecule has 0 aliphatic carbocycles. The van der Waals surface area contributed by atoms with Crippen LogP contribution < -0.4 is 56.7 Å². The average molecular weight is 1170 g/mol. The van der Waals surface area contributed by atoms with Crippen molar-refractivity contribution in [3.8, 4) is 5.82 Å². The standard InChI is InChI=1S/C21H16FN5O4.19K.H/c1-12-9-15(22)18(27(29)30)10-16(12)24-21-23-11-14(20(28)31-2)19(25-21)26-8-7-13-5-3-4-6-17(13)26;;;;;;;;;;;;;;;;;;;;/h3-11H,1-2H3,(H,23,24,25);;;;;;;;;;;;;;;;;;;;/q;;;;;;;;;;;;;;;;;;;+1;-1. The van der Waals surface area contributed by atoms with Gasteiger partial charge in [-0.2, -0.15) is 9.37 Å². The van der Waals surface area contributed by atoms with Crippen LogP contribution in [0, 0.1) is 22.9 Å². The Morgan fingerprint density at radius 1 is 0.860 bits per heavy atom. The SMILES string of the molecule is COC(=O)c1cnc(Nc2cc([N+](=O)[O-])c(F)cc2C)nc1-n1ccc2ccccc21.[H-].[K+].[K][K].[K][K].[K][K].[K][K].[K][K].[K][K].[K][K].[K][K].[K][K]. The molecule has 4 rings (SSSR count). The van der Waals surface area contributed by atoms with Crippen LogP contribution in [0.2, 0.25) is 0 Å². The number of carbonyl (C=O) groups excluding carboxylic acids is 1. The Morgan fingerprint density at radius 2 is 1.34 bits per heavy atom. The van der Waals surface area contributed by atoms with Gasteiger partial charge < -0.3 is 16.0 Å². The van der Waals surface area contributed by atoms with E-state index in [1.807, 2.05) is 30.3 Å². The predicted molar refractivity (Wildman–Crippen MR) is 216 cm³/mol. The number of nitro benzene ring substituents is 1. The maximum atomic E-state index is 13.8. The molecule has 0 unspecified atom stereocenters. The van der Waals surface area contributed by atoms with Gasteiger partial charge in [-0.1, -0.05) is 18.2 Å². The third-order valence-electron chi connectivity index (χ3n) is 4.74. The number of aryl methyl sites for hydroxylation is 1. The first-order valence-electron chi connectivity index (χ1n) is 18.1. The summed E-state index contributed by atoms with van der Waals surface area (Å²) in [5.74, 6) is -1.22. The number of ether oxygens (including phenoxy) is 1. The van der Waals surface area contributed by atoms with Crippen LogP contribution in [-0.4, -0.2) is 601 Å². The molecule has 0 spiro atoms. The molecule has 0 aliphatic heterocycles. The second-order valence-corrected chi connectivity index (χ2v) is 6.67. The summed E-state index contributed by atoms with van der Waals surface area (Å²) < 4.78 is 20.4. The maximum absolute atomic E-state index is 13.8.